The van der Waals surface area contributed by atoms with Crippen LogP contribution in [0.1, 0.15) is 12.5 Å². The molecule has 0 aromatic heterocycles. The first kappa shape index (κ1) is 22.5. The number of benzene rings is 2. The van der Waals surface area contributed by atoms with E-state index in [9.17, 15) is 9.59 Å². The van der Waals surface area contributed by atoms with Gasteiger partial charge in [-0.25, -0.2) is 0 Å². The normalized spacial score (nSPS) is 11.5. The third kappa shape index (κ3) is 6.70. The molecule has 2 radical (unpaired) electrons. The molecule has 0 saturated carbocycles. The molecule has 0 aliphatic heterocycles. The predicted molar refractivity (Wildman–Crippen MR) is 112 cm³/mol. The van der Waals surface area contributed by atoms with Crippen molar-refractivity contribution in [2.24, 2.45) is 0 Å². The van der Waals surface area contributed by atoms with E-state index in [1.165, 1.54) is 6.92 Å². The van der Waals surface area contributed by atoms with Crippen LogP contribution in [-0.4, -0.2) is 47.6 Å². The highest BCUT2D eigenvalue weighted by Crippen LogP contribution is 2.33. The largest absolute Gasteiger partial charge is 0.452 e. The van der Waals surface area contributed by atoms with Crippen molar-refractivity contribution >= 4 is 63.0 Å². The molecule has 0 aliphatic rings. The highest BCUT2D eigenvalue weighted by atomic mass is 35.5. The topological polar surface area (TPSA) is 79.5 Å². The van der Waals surface area contributed by atoms with Gasteiger partial charge in [-0.2, -0.15) is 0 Å². The van der Waals surface area contributed by atoms with E-state index in [1.807, 2.05) is 18.2 Å². The monoisotopic (exact) mass is 435 g/mol. The molecular weight excluding hydrogens is 416 g/mol. The number of esters is 1. The molecule has 3 N–H and O–H groups in total. The van der Waals surface area contributed by atoms with Gasteiger partial charge >= 0.3 is 5.97 Å². The smallest absolute Gasteiger partial charge is 0.311 e. The van der Waals surface area contributed by atoms with Gasteiger partial charge in [0, 0.05) is 12.2 Å². The molecule has 2 aromatic carbocycles. The van der Waals surface area contributed by atoms with Crippen LogP contribution in [-0.2, 0) is 20.7 Å². The first-order valence-electron chi connectivity index (χ1n) is 8.62. The van der Waals surface area contributed by atoms with Crippen molar-refractivity contribution in [3.8, 4) is 0 Å². The summed E-state index contributed by atoms with van der Waals surface area (Å²) in [6.45, 7) is 2.57. The van der Waals surface area contributed by atoms with E-state index >= 15 is 0 Å². The molecule has 1 atom stereocenters. The fraction of sp³-hybridized carbons (Fsp3) is 0.263. The minimum atomic E-state index is -0.879. The molecule has 0 fully saturated rings. The third-order valence-electron chi connectivity index (χ3n) is 3.82. The van der Waals surface area contributed by atoms with E-state index in [-0.39, 0.29) is 12.3 Å². The molecule has 0 saturated heterocycles. The van der Waals surface area contributed by atoms with Crippen molar-refractivity contribution in [2.75, 3.05) is 18.4 Å². The van der Waals surface area contributed by atoms with E-state index in [1.54, 1.807) is 24.3 Å². The summed E-state index contributed by atoms with van der Waals surface area (Å²) < 4.78 is 8.08. The van der Waals surface area contributed by atoms with Gasteiger partial charge in [0.1, 0.15) is 0 Å². The van der Waals surface area contributed by atoms with E-state index in [4.69, 9.17) is 27.9 Å². The summed E-state index contributed by atoms with van der Waals surface area (Å²) in [7, 11) is 0. The van der Waals surface area contributed by atoms with Crippen LogP contribution in [0.3, 0.4) is 0 Å². The number of halogens is 2. The Morgan fingerprint density at radius 3 is 2.43 bits per heavy atom. The van der Waals surface area contributed by atoms with Gasteiger partial charge in [0.05, 0.1) is 22.2 Å². The van der Waals surface area contributed by atoms with Crippen molar-refractivity contribution in [3.63, 3.8) is 0 Å². The van der Waals surface area contributed by atoms with Crippen LogP contribution >= 0.6 is 23.2 Å². The second-order valence-electron chi connectivity index (χ2n) is 5.93. The second kappa shape index (κ2) is 11.3. The van der Waals surface area contributed by atoms with Crippen LogP contribution in [0.2, 0.25) is 10.0 Å². The van der Waals surface area contributed by atoms with E-state index < -0.39 is 12.1 Å². The summed E-state index contributed by atoms with van der Waals surface area (Å²) in [6, 6.07) is 12.4. The zero-order valence-corrected chi connectivity index (χ0v) is 18.0. The Morgan fingerprint density at radius 1 is 1.07 bits per heavy atom. The number of hydrogen-bond donors (Lipinski definition) is 3. The van der Waals surface area contributed by atoms with Crippen LogP contribution in [0.5, 0.6) is 0 Å². The molecule has 0 spiro atoms. The quantitative estimate of drug-likeness (QED) is 0.320. The number of anilines is 2. The number of para-hydroxylation sites is 2. The number of amides is 1. The Balaban J connectivity index is 2.02. The maximum absolute atomic E-state index is 12.3. The molecule has 2 aromatic rings. The van der Waals surface area contributed by atoms with Crippen LogP contribution in [0, 0.1) is 0 Å². The number of rotatable bonds is 9. The van der Waals surface area contributed by atoms with E-state index in [2.05, 4.69) is 31.4 Å². The molecule has 9 heteroatoms. The summed E-state index contributed by atoms with van der Waals surface area (Å²) in [6.07, 6.45) is -0.883. The molecule has 6 nitrogen and oxygen atoms in total. The summed E-state index contributed by atoms with van der Waals surface area (Å²) in [5, 5.41) is 6.78. The number of carbonyl (C=O) groups excluding carboxylic acids is 2. The number of hydrogen-bond acceptors (Lipinski definition) is 5. The Hall–Kier alpha value is -1.75. The SMILES string of the molecule is CC(OC(=O)Cc1ccccc1Nc1c(Cl)cccc1Cl)C(=O)NCC[NH][Al]. The van der Waals surface area contributed by atoms with Crippen molar-refractivity contribution in [2.45, 2.75) is 19.4 Å². The molecule has 1 unspecified atom stereocenters. The molecule has 146 valence electrons. The number of nitrogens with one attached hydrogen (secondary N) is 3. The lowest BCUT2D eigenvalue weighted by molar-refractivity contribution is -0.154. The third-order valence-corrected chi connectivity index (χ3v) is 4.74. The average molecular weight is 436 g/mol. The Labute approximate surface area is 182 Å². The van der Waals surface area contributed by atoms with Crippen molar-refractivity contribution < 1.29 is 14.3 Å². The van der Waals surface area contributed by atoms with Crippen molar-refractivity contribution in [3.05, 3.63) is 58.1 Å². The fourth-order valence-corrected chi connectivity index (χ4v) is 3.03. The number of ether oxygens (including phenoxy) is 1. The molecule has 0 heterocycles. The first-order valence-corrected chi connectivity index (χ1v) is 9.95. The second-order valence-corrected chi connectivity index (χ2v) is 7.16. The Morgan fingerprint density at radius 2 is 1.75 bits per heavy atom. The molecule has 0 aliphatic carbocycles. The van der Waals surface area contributed by atoms with Crippen LogP contribution in [0.4, 0.5) is 11.4 Å². The minimum absolute atomic E-state index is 0.00395. The minimum Gasteiger partial charge on any atom is -0.452 e. The molecular formula is C19H20AlCl2N3O3. The molecule has 1 amide bonds. The zero-order chi connectivity index (χ0) is 20.5. The highest BCUT2D eigenvalue weighted by Gasteiger charge is 2.18. The van der Waals surface area contributed by atoms with Crippen molar-refractivity contribution in [1.29, 1.82) is 0 Å². The lowest BCUT2D eigenvalue weighted by Gasteiger charge is -2.16. The van der Waals surface area contributed by atoms with Crippen LogP contribution in [0.15, 0.2) is 42.5 Å². The van der Waals surface area contributed by atoms with Gasteiger partial charge in [-0.05, 0) is 37.2 Å². The van der Waals surface area contributed by atoms with Gasteiger partial charge in [-0.1, -0.05) is 47.5 Å². The van der Waals surface area contributed by atoms with Gasteiger partial charge in [0.15, 0.2) is 6.10 Å². The maximum atomic E-state index is 12.3. The van der Waals surface area contributed by atoms with Gasteiger partial charge in [-0.3, -0.25) is 9.59 Å². The Kier molecular flexibility index (Phi) is 9.10. The standard InChI is InChI=1S/C19H20Cl2N3O3.Al/c1-12(19(26)23-10-9-22)27-17(25)11-13-5-2-3-8-16(13)24-18-14(20)6-4-7-15(18)21;/h2-8,12,22,24H,9-11H2,1H3,(H,23,26);/q-1;+1. The lowest BCUT2D eigenvalue weighted by Crippen LogP contribution is -2.39. The molecule has 2 rings (SSSR count). The van der Waals surface area contributed by atoms with Crippen LogP contribution in [0.25, 0.3) is 0 Å². The summed E-state index contributed by atoms with van der Waals surface area (Å²) in [5.74, 6) is -0.853. The van der Waals surface area contributed by atoms with Gasteiger partial charge in [-0.15, -0.1) is 0 Å². The number of carbonyl (C=O) groups is 2. The fourth-order valence-electron chi connectivity index (χ4n) is 2.40. The Bertz CT molecular complexity index is 816. The van der Waals surface area contributed by atoms with Gasteiger partial charge < -0.3 is 19.7 Å². The summed E-state index contributed by atoms with van der Waals surface area (Å²) in [4.78, 5) is 24.2. The van der Waals surface area contributed by atoms with Gasteiger partial charge in [0.25, 0.3) is 22.4 Å². The van der Waals surface area contributed by atoms with Crippen molar-refractivity contribution in [1.82, 2.24) is 9.62 Å². The van der Waals surface area contributed by atoms with Gasteiger partial charge in [0.2, 0.25) is 0 Å². The average Bonchev–Trinajstić information content (AvgIpc) is 2.66. The van der Waals surface area contributed by atoms with E-state index in [0.29, 0.717) is 40.1 Å². The zero-order valence-electron chi connectivity index (χ0n) is 15.3. The van der Waals surface area contributed by atoms with Crippen LogP contribution < -0.4 is 14.9 Å². The lowest BCUT2D eigenvalue weighted by atomic mass is 10.1. The maximum Gasteiger partial charge on any atom is 0.311 e. The summed E-state index contributed by atoms with van der Waals surface area (Å²) in [5.41, 5.74) is 1.93. The highest BCUT2D eigenvalue weighted by molar-refractivity contribution is 6.39. The van der Waals surface area contributed by atoms with E-state index in [0.717, 1.165) is 0 Å². The first-order chi connectivity index (χ1) is 13.4. The molecule has 0 bridgehead atoms. The molecule has 28 heavy (non-hydrogen) atoms. The summed E-state index contributed by atoms with van der Waals surface area (Å²) >= 11 is 14.8. The predicted octanol–water partition coefficient (Wildman–Crippen LogP) is 3.00.